The molecule has 1 aromatic heterocycles. The summed E-state index contributed by atoms with van der Waals surface area (Å²) in [5.41, 5.74) is 0.941. The largest absolute Gasteiger partial charge is 0.481 e. The lowest BCUT2D eigenvalue weighted by Gasteiger charge is -2.34. The van der Waals surface area contributed by atoms with Gasteiger partial charge in [0, 0.05) is 24.2 Å². The molecular weight excluding hydrogens is 278 g/mol. The fourth-order valence-electron chi connectivity index (χ4n) is 2.44. The predicted molar refractivity (Wildman–Crippen MR) is 75.6 cm³/mol. The van der Waals surface area contributed by atoms with Crippen molar-refractivity contribution in [1.82, 2.24) is 15.2 Å². The number of nitrogens with one attached hydrogen (secondary N) is 1. The third kappa shape index (κ3) is 3.69. The molecule has 110 valence electrons. The zero-order valence-corrected chi connectivity index (χ0v) is 12.4. The fourth-order valence-corrected chi connectivity index (χ4v) is 3.15. The monoisotopic (exact) mass is 297 g/mol. The van der Waals surface area contributed by atoms with E-state index in [0.29, 0.717) is 19.5 Å². The second kappa shape index (κ2) is 6.21. The van der Waals surface area contributed by atoms with E-state index < -0.39 is 11.9 Å². The molecule has 0 bridgehead atoms. The van der Waals surface area contributed by atoms with Crippen LogP contribution in [-0.2, 0) is 11.3 Å². The van der Waals surface area contributed by atoms with E-state index in [1.165, 1.54) is 11.3 Å². The molecule has 2 atom stereocenters. The number of carboxylic acids is 1. The lowest BCUT2D eigenvalue weighted by molar-refractivity contribution is -0.143. The minimum absolute atomic E-state index is 0.206. The standard InChI is InChI=1S/C13H19N3O3S/c1-8-3-10(12(17)18)6-16(5-8)13(19)14-4-11-15-9(2)7-20-11/h7-8,10H,3-6H2,1-2H3,(H,14,19)(H,17,18). The van der Waals surface area contributed by atoms with Gasteiger partial charge < -0.3 is 15.3 Å². The molecule has 1 aliphatic heterocycles. The molecule has 1 aliphatic rings. The van der Waals surface area contributed by atoms with Gasteiger partial charge in [-0.3, -0.25) is 4.79 Å². The summed E-state index contributed by atoms with van der Waals surface area (Å²) in [4.78, 5) is 29.0. The van der Waals surface area contributed by atoms with Crippen LogP contribution in [0.2, 0.25) is 0 Å². The average Bonchev–Trinajstić information content (AvgIpc) is 2.81. The van der Waals surface area contributed by atoms with Gasteiger partial charge in [0.15, 0.2) is 0 Å². The molecule has 2 amide bonds. The number of aromatic nitrogens is 1. The van der Waals surface area contributed by atoms with Gasteiger partial charge in [0.2, 0.25) is 0 Å². The van der Waals surface area contributed by atoms with Gasteiger partial charge in [0.1, 0.15) is 5.01 Å². The first-order valence-electron chi connectivity index (χ1n) is 6.62. The summed E-state index contributed by atoms with van der Waals surface area (Å²) in [6.07, 6.45) is 0.630. The van der Waals surface area contributed by atoms with Crippen molar-refractivity contribution in [3.63, 3.8) is 0 Å². The van der Waals surface area contributed by atoms with Crippen LogP contribution in [0.5, 0.6) is 0 Å². The topological polar surface area (TPSA) is 82.5 Å². The summed E-state index contributed by atoms with van der Waals surface area (Å²) in [6.45, 7) is 5.15. The summed E-state index contributed by atoms with van der Waals surface area (Å²) in [5.74, 6) is -1.09. The first-order valence-corrected chi connectivity index (χ1v) is 7.50. The van der Waals surface area contributed by atoms with E-state index in [2.05, 4.69) is 10.3 Å². The van der Waals surface area contributed by atoms with Crippen LogP contribution in [0.3, 0.4) is 0 Å². The minimum Gasteiger partial charge on any atom is -0.481 e. The second-order valence-electron chi connectivity index (χ2n) is 5.32. The molecule has 20 heavy (non-hydrogen) atoms. The van der Waals surface area contributed by atoms with Gasteiger partial charge in [0.25, 0.3) is 0 Å². The van der Waals surface area contributed by atoms with E-state index >= 15 is 0 Å². The number of carbonyl (C=O) groups is 2. The molecule has 0 saturated carbocycles. The van der Waals surface area contributed by atoms with E-state index in [0.717, 1.165) is 10.7 Å². The molecule has 1 fully saturated rings. The molecule has 2 rings (SSSR count). The predicted octanol–water partition coefficient (Wildman–Crippen LogP) is 1.70. The van der Waals surface area contributed by atoms with Gasteiger partial charge in [0.05, 0.1) is 12.5 Å². The highest BCUT2D eigenvalue weighted by Crippen LogP contribution is 2.21. The number of amides is 2. The van der Waals surface area contributed by atoms with Gasteiger partial charge in [-0.2, -0.15) is 0 Å². The Kier molecular flexibility index (Phi) is 4.59. The van der Waals surface area contributed by atoms with Crippen LogP contribution < -0.4 is 5.32 Å². The molecular formula is C13H19N3O3S. The van der Waals surface area contributed by atoms with E-state index in [-0.39, 0.29) is 18.5 Å². The Morgan fingerprint density at radius 2 is 2.30 bits per heavy atom. The highest BCUT2D eigenvalue weighted by molar-refractivity contribution is 7.09. The Morgan fingerprint density at radius 1 is 1.55 bits per heavy atom. The lowest BCUT2D eigenvalue weighted by atomic mass is 9.91. The Hall–Kier alpha value is -1.63. The molecule has 1 aromatic rings. The van der Waals surface area contributed by atoms with E-state index in [1.807, 2.05) is 19.2 Å². The number of aryl methyl sites for hydroxylation is 1. The van der Waals surface area contributed by atoms with E-state index in [4.69, 9.17) is 5.11 Å². The number of aliphatic carboxylic acids is 1. The van der Waals surface area contributed by atoms with Crippen LogP contribution >= 0.6 is 11.3 Å². The normalized spacial score (nSPS) is 22.6. The van der Waals surface area contributed by atoms with Crippen molar-refractivity contribution in [1.29, 1.82) is 0 Å². The number of thiazole rings is 1. The van der Waals surface area contributed by atoms with Crippen molar-refractivity contribution in [3.8, 4) is 0 Å². The Morgan fingerprint density at radius 3 is 2.90 bits per heavy atom. The third-order valence-electron chi connectivity index (χ3n) is 3.35. The van der Waals surface area contributed by atoms with Crippen LogP contribution in [0.15, 0.2) is 5.38 Å². The average molecular weight is 297 g/mol. The summed E-state index contributed by atoms with van der Waals surface area (Å²) < 4.78 is 0. The maximum Gasteiger partial charge on any atom is 0.317 e. The van der Waals surface area contributed by atoms with Gasteiger partial charge >= 0.3 is 12.0 Å². The number of piperidine rings is 1. The first-order chi connectivity index (χ1) is 9.45. The Labute approximate surface area is 121 Å². The number of hydrogen-bond donors (Lipinski definition) is 2. The van der Waals surface area contributed by atoms with Gasteiger partial charge in [-0.15, -0.1) is 11.3 Å². The molecule has 0 aliphatic carbocycles. The number of rotatable bonds is 3. The molecule has 0 radical (unpaired) electrons. The van der Waals surface area contributed by atoms with Gasteiger partial charge in [-0.1, -0.05) is 6.92 Å². The molecule has 6 nitrogen and oxygen atoms in total. The molecule has 0 aromatic carbocycles. The Bertz CT molecular complexity index is 503. The van der Waals surface area contributed by atoms with Crippen molar-refractivity contribution in [2.24, 2.45) is 11.8 Å². The smallest absolute Gasteiger partial charge is 0.317 e. The number of carbonyl (C=O) groups excluding carboxylic acids is 1. The number of urea groups is 1. The van der Waals surface area contributed by atoms with Crippen LogP contribution in [0, 0.1) is 18.8 Å². The van der Waals surface area contributed by atoms with Crippen molar-refractivity contribution in [2.75, 3.05) is 13.1 Å². The van der Waals surface area contributed by atoms with Crippen molar-refractivity contribution in [3.05, 3.63) is 16.1 Å². The van der Waals surface area contributed by atoms with E-state index in [1.54, 1.807) is 4.90 Å². The lowest BCUT2D eigenvalue weighted by Crippen LogP contribution is -2.49. The number of carboxylic acid groups (broad SMARTS) is 1. The SMILES string of the molecule is Cc1csc(CNC(=O)N2CC(C)CC(C(=O)O)C2)n1. The molecule has 2 unspecified atom stereocenters. The Balaban J connectivity index is 1.89. The summed E-state index contributed by atoms with van der Waals surface area (Å²) in [5, 5.41) is 14.7. The third-order valence-corrected chi connectivity index (χ3v) is 4.32. The maximum absolute atomic E-state index is 12.1. The quantitative estimate of drug-likeness (QED) is 0.889. The number of nitrogens with zero attached hydrogens (tertiary/aromatic N) is 2. The van der Waals surface area contributed by atoms with E-state index in [9.17, 15) is 9.59 Å². The molecule has 2 heterocycles. The zero-order valence-electron chi connectivity index (χ0n) is 11.6. The van der Waals surface area contributed by atoms with Crippen LogP contribution in [-0.4, -0.2) is 40.1 Å². The molecule has 0 spiro atoms. The molecule has 7 heteroatoms. The van der Waals surface area contributed by atoms with Crippen molar-refractivity contribution in [2.45, 2.75) is 26.8 Å². The second-order valence-corrected chi connectivity index (χ2v) is 6.27. The van der Waals surface area contributed by atoms with Crippen LogP contribution in [0.4, 0.5) is 4.79 Å². The highest BCUT2D eigenvalue weighted by atomic mass is 32.1. The number of hydrogen-bond acceptors (Lipinski definition) is 4. The molecule has 2 N–H and O–H groups in total. The van der Waals surface area contributed by atoms with Crippen LogP contribution in [0.25, 0.3) is 0 Å². The number of likely N-dealkylation sites (tertiary alicyclic amines) is 1. The fraction of sp³-hybridized carbons (Fsp3) is 0.615. The van der Waals surface area contributed by atoms with Gasteiger partial charge in [-0.25, -0.2) is 9.78 Å². The summed E-state index contributed by atoms with van der Waals surface area (Å²) in [6, 6.07) is -0.212. The van der Waals surface area contributed by atoms with Crippen molar-refractivity contribution >= 4 is 23.3 Å². The zero-order chi connectivity index (χ0) is 14.7. The maximum atomic E-state index is 12.1. The molecule has 1 saturated heterocycles. The van der Waals surface area contributed by atoms with Crippen LogP contribution in [0.1, 0.15) is 24.0 Å². The van der Waals surface area contributed by atoms with Crippen molar-refractivity contribution < 1.29 is 14.7 Å². The minimum atomic E-state index is -0.829. The first kappa shape index (κ1) is 14.8. The summed E-state index contributed by atoms with van der Waals surface area (Å²) in [7, 11) is 0. The highest BCUT2D eigenvalue weighted by Gasteiger charge is 2.31. The van der Waals surface area contributed by atoms with Gasteiger partial charge in [-0.05, 0) is 19.3 Å². The summed E-state index contributed by atoms with van der Waals surface area (Å²) >= 11 is 1.51.